The highest BCUT2D eigenvalue weighted by Crippen LogP contribution is 2.32. The molecule has 0 saturated heterocycles. The summed E-state index contributed by atoms with van der Waals surface area (Å²) in [4.78, 5) is 33.4. The summed E-state index contributed by atoms with van der Waals surface area (Å²) in [5.41, 5.74) is -0.133. The van der Waals surface area contributed by atoms with Crippen molar-refractivity contribution in [3.63, 3.8) is 0 Å². The van der Waals surface area contributed by atoms with Crippen molar-refractivity contribution >= 4 is 23.5 Å². The van der Waals surface area contributed by atoms with Gasteiger partial charge in [0, 0.05) is 12.1 Å². The maximum Gasteiger partial charge on any atom is 0.335 e. The zero-order valence-electron chi connectivity index (χ0n) is 10.0. The number of anilines is 1. The Morgan fingerprint density at radius 3 is 2.00 bits per heavy atom. The van der Waals surface area contributed by atoms with Crippen LogP contribution < -0.4 is 5.32 Å². The van der Waals surface area contributed by atoms with Crippen molar-refractivity contribution in [2.24, 2.45) is 5.92 Å². The van der Waals surface area contributed by atoms with Crippen LogP contribution in [0.25, 0.3) is 0 Å². The average Bonchev–Trinajstić information content (AvgIpc) is 3.12. The normalized spacial score (nSPS) is 13.9. The first kappa shape index (κ1) is 13.1. The molecule has 0 atom stereocenters. The van der Waals surface area contributed by atoms with Crippen molar-refractivity contribution < 1.29 is 24.6 Å². The summed E-state index contributed by atoms with van der Waals surface area (Å²) in [6.07, 6.45) is 2.45. The third-order valence-electron chi connectivity index (χ3n) is 2.88. The predicted octanol–water partition coefficient (Wildman–Crippen LogP) is 1.82. The lowest BCUT2D eigenvalue weighted by molar-refractivity contribution is -0.116. The third-order valence-corrected chi connectivity index (χ3v) is 2.88. The number of hydrogen-bond donors (Lipinski definition) is 3. The molecule has 1 aromatic carbocycles. The minimum atomic E-state index is -1.24. The number of hydrogen-bond acceptors (Lipinski definition) is 3. The third kappa shape index (κ3) is 3.54. The summed E-state index contributed by atoms with van der Waals surface area (Å²) in [6.45, 7) is 0. The van der Waals surface area contributed by atoms with E-state index in [1.54, 1.807) is 0 Å². The molecule has 19 heavy (non-hydrogen) atoms. The molecular weight excluding hydrogens is 250 g/mol. The predicted molar refractivity (Wildman–Crippen MR) is 66.3 cm³/mol. The largest absolute Gasteiger partial charge is 0.478 e. The number of aromatic carboxylic acids is 2. The van der Waals surface area contributed by atoms with Gasteiger partial charge < -0.3 is 15.5 Å². The average molecular weight is 263 g/mol. The molecule has 0 aliphatic heterocycles. The molecule has 0 bridgehead atoms. The number of amides is 1. The Morgan fingerprint density at radius 1 is 1.05 bits per heavy atom. The molecule has 0 radical (unpaired) electrons. The zero-order chi connectivity index (χ0) is 14.0. The Morgan fingerprint density at radius 2 is 1.58 bits per heavy atom. The van der Waals surface area contributed by atoms with E-state index < -0.39 is 11.9 Å². The van der Waals surface area contributed by atoms with Gasteiger partial charge in [-0.25, -0.2) is 9.59 Å². The van der Waals surface area contributed by atoms with Crippen LogP contribution in [0.3, 0.4) is 0 Å². The Bertz CT molecular complexity index is 516. The van der Waals surface area contributed by atoms with Crippen LogP contribution in [0.15, 0.2) is 18.2 Å². The molecule has 0 aromatic heterocycles. The molecule has 1 aliphatic carbocycles. The number of benzene rings is 1. The Hall–Kier alpha value is -2.37. The molecule has 1 saturated carbocycles. The van der Waals surface area contributed by atoms with Gasteiger partial charge in [-0.3, -0.25) is 4.79 Å². The van der Waals surface area contributed by atoms with Gasteiger partial charge in [-0.15, -0.1) is 0 Å². The highest BCUT2D eigenvalue weighted by molar-refractivity contribution is 5.98. The number of carboxylic acid groups (broad SMARTS) is 2. The van der Waals surface area contributed by atoms with Crippen LogP contribution in [0.4, 0.5) is 5.69 Å². The number of rotatable bonds is 5. The van der Waals surface area contributed by atoms with E-state index in [4.69, 9.17) is 10.2 Å². The molecular formula is C13H13NO5. The first-order valence-electron chi connectivity index (χ1n) is 5.87. The highest BCUT2D eigenvalue weighted by Gasteiger charge is 2.24. The molecule has 100 valence electrons. The lowest BCUT2D eigenvalue weighted by atomic mass is 10.1. The van der Waals surface area contributed by atoms with E-state index in [9.17, 15) is 14.4 Å². The van der Waals surface area contributed by atoms with Gasteiger partial charge in [0.05, 0.1) is 11.1 Å². The SMILES string of the molecule is O=C(CC1CC1)Nc1cc(C(=O)O)cc(C(=O)O)c1. The number of nitrogens with one attached hydrogen (secondary N) is 1. The fourth-order valence-corrected chi connectivity index (χ4v) is 1.74. The van der Waals surface area contributed by atoms with Gasteiger partial charge in [-0.05, 0) is 37.0 Å². The number of carbonyl (C=O) groups excluding carboxylic acids is 1. The van der Waals surface area contributed by atoms with Crippen molar-refractivity contribution in [2.75, 3.05) is 5.32 Å². The first-order chi connectivity index (χ1) is 8.95. The van der Waals surface area contributed by atoms with Crippen LogP contribution in [0.1, 0.15) is 40.0 Å². The van der Waals surface area contributed by atoms with Crippen LogP contribution in [0.2, 0.25) is 0 Å². The van der Waals surface area contributed by atoms with Gasteiger partial charge in [0.1, 0.15) is 0 Å². The lowest BCUT2D eigenvalue weighted by Crippen LogP contribution is -2.13. The van der Waals surface area contributed by atoms with Gasteiger partial charge in [0.15, 0.2) is 0 Å². The monoisotopic (exact) mass is 263 g/mol. The first-order valence-corrected chi connectivity index (χ1v) is 5.87. The molecule has 1 amide bonds. The Kier molecular flexibility index (Phi) is 3.50. The molecule has 1 aromatic rings. The summed E-state index contributed by atoms with van der Waals surface area (Å²) in [5, 5.41) is 20.3. The van der Waals surface area contributed by atoms with Crippen LogP contribution in [-0.4, -0.2) is 28.1 Å². The Balaban J connectivity index is 2.19. The second-order valence-electron chi connectivity index (χ2n) is 4.61. The van der Waals surface area contributed by atoms with Crippen molar-refractivity contribution in [1.82, 2.24) is 0 Å². The summed E-state index contributed by atoms with van der Waals surface area (Å²) in [6, 6.07) is 3.56. The smallest absolute Gasteiger partial charge is 0.335 e. The second-order valence-corrected chi connectivity index (χ2v) is 4.61. The summed E-state index contributed by atoms with van der Waals surface area (Å²) >= 11 is 0. The molecule has 0 heterocycles. The summed E-state index contributed by atoms with van der Waals surface area (Å²) in [5.74, 6) is -2.29. The van der Waals surface area contributed by atoms with E-state index in [2.05, 4.69) is 5.32 Å². The second kappa shape index (κ2) is 5.09. The standard InChI is InChI=1S/C13H13NO5/c15-11(3-7-1-2-7)14-10-5-8(12(16)17)4-9(6-10)13(18)19/h4-7H,1-3H2,(H,14,15)(H,16,17)(H,18,19). The van der Waals surface area contributed by atoms with E-state index in [0.29, 0.717) is 12.3 Å². The van der Waals surface area contributed by atoms with Gasteiger partial charge in [-0.1, -0.05) is 0 Å². The van der Waals surface area contributed by atoms with Crippen molar-refractivity contribution in [3.8, 4) is 0 Å². The van der Waals surface area contributed by atoms with Gasteiger partial charge in [-0.2, -0.15) is 0 Å². The Labute approximate surface area is 109 Å². The molecule has 1 aliphatic rings. The fourth-order valence-electron chi connectivity index (χ4n) is 1.74. The van der Waals surface area contributed by atoms with Crippen LogP contribution in [0.5, 0.6) is 0 Å². The molecule has 0 spiro atoms. The van der Waals surface area contributed by atoms with E-state index in [1.165, 1.54) is 12.1 Å². The fraction of sp³-hybridized carbons (Fsp3) is 0.308. The van der Waals surface area contributed by atoms with Gasteiger partial charge >= 0.3 is 11.9 Å². The molecule has 6 heteroatoms. The highest BCUT2D eigenvalue weighted by atomic mass is 16.4. The lowest BCUT2D eigenvalue weighted by Gasteiger charge is -2.07. The zero-order valence-corrected chi connectivity index (χ0v) is 10.0. The topological polar surface area (TPSA) is 104 Å². The van der Waals surface area contributed by atoms with Crippen molar-refractivity contribution in [2.45, 2.75) is 19.3 Å². The van der Waals surface area contributed by atoms with Crippen LogP contribution in [-0.2, 0) is 4.79 Å². The van der Waals surface area contributed by atoms with Crippen molar-refractivity contribution in [3.05, 3.63) is 29.3 Å². The van der Waals surface area contributed by atoms with Gasteiger partial charge in [0.25, 0.3) is 0 Å². The minimum Gasteiger partial charge on any atom is -0.478 e. The van der Waals surface area contributed by atoms with E-state index in [-0.39, 0.29) is 22.7 Å². The van der Waals surface area contributed by atoms with Crippen LogP contribution >= 0.6 is 0 Å². The van der Waals surface area contributed by atoms with E-state index >= 15 is 0 Å². The minimum absolute atomic E-state index is 0.165. The van der Waals surface area contributed by atoms with E-state index in [0.717, 1.165) is 18.9 Å². The number of carboxylic acids is 2. The molecule has 2 rings (SSSR count). The molecule has 3 N–H and O–H groups in total. The molecule has 6 nitrogen and oxygen atoms in total. The van der Waals surface area contributed by atoms with E-state index in [1.807, 2.05) is 0 Å². The summed E-state index contributed by atoms with van der Waals surface area (Å²) < 4.78 is 0. The van der Waals surface area contributed by atoms with Crippen LogP contribution in [0, 0.1) is 5.92 Å². The maximum absolute atomic E-state index is 11.6. The maximum atomic E-state index is 11.6. The number of carbonyl (C=O) groups is 3. The quantitative estimate of drug-likeness (QED) is 0.751. The summed E-state index contributed by atoms with van der Waals surface area (Å²) in [7, 11) is 0. The molecule has 0 unspecified atom stereocenters. The molecule has 1 fully saturated rings. The van der Waals surface area contributed by atoms with Crippen molar-refractivity contribution in [1.29, 1.82) is 0 Å². The van der Waals surface area contributed by atoms with Gasteiger partial charge in [0.2, 0.25) is 5.91 Å².